The minimum absolute atomic E-state index is 0.159. The molecule has 2 nitrogen and oxygen atoms in total. The molecule has 1 heterocycles. The topological polar surface area (TPSA) is 33.1 Å². The van der Waals surface area contributed by atoms with E-state index >= 15 is 0 Å². The lowest BCUT2D eigenvalue weighted by atomic mass is 9.82. The highest BCUT2D eigenvalue weighted by molar-refractivity contribution is 5.19. The Labute approximate surface area is 85.0 Å². The Balaban J connectivity index is 2.16. The van der Waals surface area contributed by atoms with E-state index in [1.165, 1.54) is 12.0 Å². The maximum Gasteiger partial charge on any atom is 0.0609 e. The van der Waals surface area contributed by atoms with Crippen LogP contribution in [0.4, 0.5) is 0 Å². The molecule has 0 aromatic carbocycles. The van der Waals surface area contributed by atoms with E-state index < -0.39 is 0 Å². The molecule has 76 valence electrons. The van der Waals surface area contributed by atoms with Gasteiger partial charge in [0.05, 0.1) is 6.10 Å². The number of aliphatic hydroxyl groups excluding tert-OH is 1. The number of hydrogen-bond acceptors (Lipinski definition) is 2. The molecule has 0 amide bonds. The highest BCUT2D eigenvalue weighted by Crippen LogP contribution is 2.32. The van der Waals surface area contributed by atoms with E-state index in [1.54, 1.807) is 0 Å². The van der Waals surface area contributed by atoms with Crippen LogP contribution < -0.4 is 0 Å². The van der Waals surface area contributed by atoms with E-state index in [9.17, 15) is 5.11 Å². The van der Waals surface area contributed by atoms with E-state index in [4.69, 9.17) is 0 Å². The second kappa shape index (κ2) is 4.09. The summed E-state index contributed by atoms with van der Waals surface area (Å²) in [6.45, 7) is 1.99. The van der Waals surface area contributed by atoms with Crippen molar-refractivity contribution in [2.75, 3.05) is 0 Å². The number of rotatable bonds is 1. The van der Waals surface area contributed by atoms with Crippen LogP contribution in [-0.2, 0) is 0 Å². The van der Waals surface area contributed by atoms with Crippen LogP contribution >= 0.6 is 0 Å². The third kappa shape index (κ3) is 1.95. The highest BCUT2D eigenvalue weighted by Gasteiger charge is 2.24. The number of hydrogen-bond donors (Lipinski definition) is 1. The highest BCUT2D eigenvalue weighted by atomic mass is 16.3. The molecule has 1 N–H and O–H groups in total. The Bertz CT molecular complexity index is 294. The molecule has 0 bridgehead atoms. The first kappa shape index (κ1) is 9.66. The number of aromatic nitrogens is 1. The maximum atomic E-state index is 9.86. The Morgan fingerprint density at radius 2 is 2.07 bits per heavy atom. The van der Waals surface area contributed by atoms with Crippen molar-refractivity contribution in [1.82, 2.24) is 4.98 Å². The fourth-order valence-corrected chi connectivity index (χ4v) is 2.20. The molecule has 0 spiro atoms. The van der Waals surface area contributed by atoms with Gasteiger partial charge >= 0.3 is 0 Å². The lowest BCUT2D eigenvalue weighted by Crippen LogP contribution is -2.22. The molecule has 0 radical (unpaired) electrons. The maximum absolute atomic E-state index is 9.86. The fourth-order valence-electron chi connectivity index (χ4n) is 2.20. The van der Waals surface area contributed by atoms with Gasteiger partial charge in [0.15, 0.2) is 0 Å². The quantitative estimate of drug-likeness (QED) is 0.739. The van der Waals surface area contributed by atoms with E-state index in [1.807, 2.05) is 19.2 Å². The molecule has 0 aliphatic heterocycles. The Morgan fingerprint density at radius 1 is 1.29 bits per heavy atom. The van der Waals surface area contributed by atoms with Crippen LogP contribution in [0.3, 0.4) is 0 Å². The van der Waals surface area contributed by atoms with Crippen molar-refractivity contribution >= 4 is 0 Å². The van der Waals surface area contributed by atoms with Crippen LogP contribution in [-0.4, -0.2) is 16.2 Å². The van der Waals surface area contributed by atoms with Crippen molar-refractivity contribution in [3.8, 4) is 0 Å². The van der Waals surface area contributed by atoms with Crippen molar-refractivity contribution in [1.29, 1.82) is 0 Å². The van der Waals surface area contributed by atoms with Crippen LogP contribution in [0.2, 0.25) is 0 Å². The van der Waals surface area contributed by atoms with Gasteiger partial charge in [0.1, 0.15) is 0 Å². The van der Waals surface area contributed by atoms with Gasteiger partial charge in [0.25, 0.3) is 0 Å². The largest absolute Gasteiger partial charge is 0.392 e. The van der Waals surface area contributed by atoms with Crippen molar-refractivity contribution in [2.45, 2.75) is 44.6 Å². The minimum atomic E-state index is -0.159. The molecule has 2 heteroatoms. The average Bonchev–Trinajstić information content (AvgIpc) is 2.20. The molecule has 0 saturated heterocycles. The molecule has 2 atom stereocenters. The standard InChI is InChI=1S/C12H17NO/c1-9-6-7-10(8-13-9)11-4-2-3-5-12(11)14/h6-8,11-12,14H,2-5H2,1H3/t11-,12+/m1/s1. The average molecular weight is 191 g/mol. The van der Waals surface area contributed by atoms with Gasteiger partial charge in [-0.2, -0.15) is 0 Å². The van der Waals surface area contributed by atoms with Crippen molar-refractivity contribution in [2.24, 2.45) is 0 Å². The molecule has 2 rings (SSSR count). The van der Waals surface area contributed by atoms with Gasteiger partial charge in [-0.05, 0) is 31.4 Å². The third-order valence-corrected chi connectivity index (χ3v) is 3.09. The number of aryl methyl sites for hydroxylation is 1. The Morgan fingerprint density at radius 3 is 2.71 bits per heavy atom. The molecule has 0 unspecified atom stereocenters. The first-order chi connectivity index (χ1) is 6.77. The summed E-state index contributed by atoms with van der Waals surface area (Å²) in [5, 5.41) is 9.86. The molecule has 1 aliphatic carbocycles. The smallest absolute Gasteiger partial charge is 0.0609 e. The summed E-state index contributed by atoms with van der Waals surface area (Å²) in [7, 11) is 0. The monoisotopic (exact) mass is 191 g/mol. The van der Waals surface area contributed by atoms with E-state index in [0.717, 1.165) is 25.0 Å². The van der Waals surface area contributed by atoms with E-state index in [0.29, 0.717) is 5.92 Å². The molecule has 1 aromatic heterocycles. The van der Waals surface area contributed by atoms with Crippen molar-refractivity contribution < 1.29 is 5.11 Å². The summed E-state index contributed by atoms with van der Waals surface area (Å²) in [4.78, 5) is 4.28. The molecular weight excluding hydrogens is 174 g/mol. The minimum Gasteiger partial charge on any atom is -0.392 e. The molecule has 14 heavy (non-hydrogen) atoms. The summed E-state index contributed by atoms with van der Waals surface area (Å²) in [6, 6.07) is 4.12. The van der Waals surface area contributed by atoms with E-state index in [2.05, 4.69) is 11.1 Å². The number of pyridine rings is 1. The number of nitrogens with zero attached hydrogens (tertiary/aromatic N) is 1. The first-order valence-electron chi connectivity index (χ1n) is 5.38. The second-order valence-corrected chi connectivity index (χ2v) is 4.19. The lowest BCUT2D eigenvalue weighted by Gasteiger charge is -2.27. The van der Waals surface area contributed by atoms with Crippen LogP contribution in [0.25, 0.3) is 0 Å². The van der Waals surface area contributed by atoms with Gasteiger partial charge in [-0.3, -0.25) is 4.98 Å². The van der Waals surface area contributed by atoms with Gasteiger partial charge in [-0.15, -0.1) is 0 Å². The summed E-state index contributed by atoms with van der Waals surface area (Å²) >= 11 is 0. The summed E-state index contributed by atoms with van der Waals surface area (Å²) in [6.07, 6.45) is 6.19. The van der Waals surface area contributed by atoms with Crippen molar-refractivity contribution in [3.63, 3.8) is 0 Å². The molecule has 1 aliphatic rings. The van der Waals surface area contributed by atoms with Gasteiger partial charge in [0.2, 0.25) is 0 Å². The molecule has 1 fully saturated rings. The van der Waals surface area contributed by atoms with Crippen LogP contribution in [0.5, 0.6) is 0 Å². The zero-order chi connectivity index (χ0) is 9.97. The van der Waals surface area contributed by atoms with Gasteiger partial charge < -0.3 is 5.11 Å². The van der Waals surface area contributed by atoms with Crippen LogP contribution in [0.1, 0.15) is 42.9 Å². The Hall–Kier alpha value is -0.890. The van der Waals surface area contributed by atoms with Crippen molar-refractivity contribution in [3.05, 3.63) is 29.6 Å². The SMILES string of the molecule is Cc1ccc([C@H]2CCCC[C@@H]2O)cn1. The van der Waals surface area contributed by atoms with Crippen LogP contribution in [0, 0.1) is 6.92 Å². The lowest BCUT2D eigenvalue weighted by molar-refractivity contribution is 0.106. The summed E-state index contributed by atoms with van der Waals surface area (Å²) in [5.74, 6) is 0.317. The molecule has 1 aromatic rings. The summed E-state index contributed by atoms with van der Waals surface area (Å²) in [5.41, 5.74) is 2.24. The zero-order valence-electron chi connectivity index (χ0n) is 8.61. The predicted octanol–water partition coefficient (Wildman–Crippen LogP) is 2.41. The van der Waals surface area contributed by atoms with Gasteiger partial charge in [0, 0.05) is 17.8 Å². The molecule has 1 saturated carbocycles. The first-order valence-corrected chi connectivity index (χ1v) is 5.38. The third-order valence-electron chi connectivity index (χ3n) is 3.09. The van der Waals surface area contributed by atoms with Gasteiger partial charge in [-0.25, -0.2) is 0 Å². The van der Waals surface area contributed by atoms with Crippen LogP contribution in [0.15, 0.2) is 18.3 Å². The number of aliphatic hydroxyl groups is 1. The molecular formula is C12H17NO. The Kier molecular flexibility index (Phi) is 2.82. The van der Waals surface area contributed by atoms with E-state index in [-0.39, 0.29) is 6.10 Å². The second-order valence-electron chi connectivity index (χ2n) is 4.19. The fraction of sp³-hybridized carbons (Fsp3) is 0.583. The predicted molar refractivity (Wildman–Crippen MR) is 56.2 cm³/mol. The normalized spacial score (nSPS) is 27.6. The zero-order valence-corrected chi connectivity index (χ0v) is 8.61. The summed E-state index contributed by atoms with van der Waals surface area (Å²) < 4.78 is 0. The van der Waals surface area contributed by atoms with Gasteiger partial charge in [-0.1, -0.05) is 18.9 Å².